The molecule has 21 heavy (non-hydrogen) atoms. The van der Waals surface area contributed by atoms with E-state index in [0.717, 1.165) is 12.2 Å². The Hall–Kier alpha value is -2.23. The molecule has 0 atom stereocenters. The van der Waals surface area contributed by atoms with Crippen LogP contribution >= 0.6 is 0 Å². The van der Waals surface area contributed by atoms with Crippen LogP contribution in [0.4, 0.5) is 5.69 Å². The summed E-state index contributed by atoms with van der Waals surface area (Å²) < 4.78 is 0. The molecule has 2 aliphatic rings. The molecule has 2 aromatic rings. The van der Waals surface area contributed by atoms with E-state index in [1.165, 1.54) is 31.2 Å². The molecule has 0 bridgehead atoms. The lowest BCUT2D eigenvalue weighted by Crippen LogP contribution is -2.36. The minimum atomic E-state index is -0.0423. The molecule has 4 rings (SSSR count). The van der Waals surface area contributed by atoms with E-state index in [1.54, 1.807) is 18.6 Å². The molecule has 1 spiro atoms. The molecule has 1 aromatic carbocycles. The number of hydrogen-bond donors (Lipinski definition) is 0. The summed E-state index contributed by atoms with van der Waals surface area (Å²) in [7, 11) is 0. The summed E-state index contributed by atoms with van der Waals surface area (Å²) >= 11 is 0. The van der Waals surface area contributed by atoms with Gasteiger partial charge in [0.05, 0.1) is 6.20 Å². The van der Waals surface area contributed by atoms with Crippen LogP contribution in [0.25, 0.3) is 0 Å². The van der Waals surface area contributed by atoms with Gasteiger partial charge in [0.15, 0.2) is 0 Å². The Balaban J connectivity index is 1.77. The second-order valence-electron chi connectivity index (χ2n) is 5.99. The lowest BCUT2D eigenvalue weighted by atomic mass is 9.81. The van der Waals surface area contributed by atoms with Gasteiger partial charge < -0.3 is 4.90 Å². The Morgan fingerprint density at radius 2 is 1.95 bits per heavy atom. The predicted octanol–water partition coefficient (Wildman–Crippen LogP) is 2.95. The Labute approximate surface area is 123 Å². The first-order valence-electron chi connectivity index (χ1n) is 7.48. The summed E-state index contributed by atoms with van der Waals surface area (Å²) in [6.07, 6.45) is 9.56. The normalized spacial score (nSPS) is 19.0. The van der Waals surface area contributed by atoms with Gasteiger partial charge in [-0.25, -0.2) is 4.98 Å². The van der Waals surface area contributed by atoms with Gasteiger partial charge in [-0.05, 0) is 24.5 Å². The number of rotatable bonds is 1. The zero-order chi connectivity index (χ0) is 14.3. The van der Waals surface area contributed by atoms with Crippen molar-refractivity contribution >= 4 is 11.6 Å². The molecule has 0 radical (unpaired) electrons. The molecule has 4 nitrogen and oxygen atoms in total. The largest absolute Gasteiger partial charge is 0.306 e. The molecule has 106 valence electrons. The van der Waals surface area contributed by atoms with Crippen molar-refractivity contribution < 1.29 is 4.79 Å². The van der Waals surface area contributed by atoms with Gasteiger partial charge in [0, 0.05) is 30.0 Å². The molecule has 0 N–H and O–H groups in total. The Bertz CT molecular complexity index is 677. The maximum Gasteiger partial charge on any atom is 0.278 e. The molecule has 1 aliphatic heterocycles. The van der Waals surface area contributed by atoms with E-state index in [4.69, 9.17) is 0 Å². The van der Waals surface area contributed by atoms with Gasteiger partial charge in [-0.3, -0.25) is 9.78 Å². The maximum absolute atomic E-state index is 12.8. The SMILES string of the molecule is O=C(c1cnccn1)N1CC2(CCCC2)c2ccccc21. The zero-order valence-corrected chi connectivity index (χ0v) is 11.8. The summed E-state index contributed by atoms with van der Waals surface area (Å²) in [5.74, 6) is -0.0423. The first-order chi connectivity index (χ1) is 10.3. The van der Waals surface area contributed by atoms with Crippen LogP contribution in [0, 0.1) is 0 Å². The van der Waals surface area contributed by atoms with E-state index in [-0.39, 0.29) is 11.3 Å². The van der Waals surface area contributed by atoms with Crippen molar-refractivity contribution in [2.75, 3.05) is 11.4 Å². The summed E-state index contributed by atoms with van der Waals surface area (Å²) in [4.78, 5) is 22.8. The summed E-state index contributed by atoms with van der Waals surface area (Å²) in [6.45, 7) is 0.780. The van der Waals surface area contributed by atoms with Crippen LogP contribution in [0.15, 0.2) is 42.9 Å². The molecular weight excluding hydrogens is 262 g/mol. The predicted molar refractivity (Wildman–Crippen MR) is 80.3 cm³/mol. The number of hydrogen-bond acceptors (Lipinski definition) is 3. The van der Waals surface area contributed by atoms with E-state index >= 15 is 0 Å². The molecule has 0 saturated heterocycles. The summed E-state index contributed by atoms with van der Waals surface area (Å²) in [6, 6.07) is 8.32. The molecule has 1 saturated carbocycles. The highest BCUT2D eigenvalue weighted by molar-refractivity contribution is 6.06. The summed E-state index contributed by atoms with van der Waals surface area (Å²) in [5.41, 5.74) is 2.96. The number of carbonyl (C=O) groups is 1. The van der Waals surface area contributed by atoms with Gasteiger partial charge in [0.2, 0.25) is 0 Å². The van der Waals surface area contributed by atoms with E-state index in [9.17, 15) is 4.79 Å². The number of anilines is 1. The molecular formula is C17H17N3O. The van der Waals surface area contributed by atoms with Crippen molar-refractivity contribution in [3.8, 4) is 0 Å². The van der Waals surface area contributed by atoms with Gasteiger partial charge >= 0.3 is 0 Å². The van der Waals surface area contributed by atoms with Gasteiger partial charge in [-0.15, -0.1) is 0 Å². The monoisotopic (exact) mass is 279 g/mol. The second-order valence-corrected chi connectivity index (χ2v) is 5.99. The van der Waals surface area contributed by atoms with Crippen LogP contribution in [-0.2, 0) is 5.41 Å². The lowest BCUT2D eigenvalue weighted by Gasteiger charge is -2.24. The average Bonchev–Trinajstić information content (AvgIpc) is 3.15. The highest BCUT2D eigenvalue weighted by Gasteiger charge is 2.46. The number of benzene rings is 1. The van der Waals surface area contributed by atoms with Crippen LogP contribution in [0.5, 0.6) is 0 Å². The molecule has 1 aliphatic carbocycles. The highest BCUT2D eigenvalue weighted by Crippen LogP contribution is 2.50. The van der Waals surface area contributed by atoms with E-state index in [2.05, 4.69) is 28.2 Å². The maximum atomic E-state index is 12.8. The topological polar surface area (TPSA) is 46.1 Å². The van der Waals surface area contributed by atoms with Crippen molar-refractivity contribution in [3.63, 3.8) is 0 Å². The van der Waals surface area contributed by atoms with Crippen molar-refractivity contribution in [2.45, 2.75) is 31.1 Å². The average molecular weight is 279 g/mol. The number of nitrogens with zero attached hydrogens (tertiary/aromatic N) is 3. The molecule has 1 amide bonds. The standard InChI is InChI=1S/C17H17N3O/c21-16(14-11-18-9-10-19-14)20-12-17(7-3-4-8-17)13-5-1-2-6-15(13)20/h1-2,5-6,9-11H,3-4,7-8,12H2. The van der Waals surface area contributed by atoms with Crippen LogP contribution in [-0.4, -0.2) is 22.4 Å². The Morgan fingerprint density at radius 3 is 2.71 bits per heavy atom. The van der Waals surface area contributed by atoms with Crippen molar-refractivity contribution in [1.82, 2.24) is 9.97 Å². The van der Waals surface area contributed by atoms with Gasteiger partial charge in [0.1, 0.15) is 5.69 Å². The van der Waals surface area contributed by atoms with Crippen molar-refractivity contribution in [2.24, 2.45) is 0 Å². The van der Waals surface area contributed by atoms with Crippen molar-refractivity contribution in [3.05, 3.63) is 54.1 Å². The number of fused-ring (bicyclic) bond motifs is 2. The van der Waals surface area contributed by atoms with Crippen LogP contribution in [0.2, 0.25) is 0 Å². The molecule has 1 aromatic heterocycles. The number of carbonyl (C=O) groups excluding carboxylic acids is 1. The third kappa shape index (κ3) is 1.86. The third-order valence-corrected chi connectivity index (χ3v) is 4.82. The van der Waals surface area contributed by atoms with Crippen molar-refractivity contribution in [1.29, 1.82) is 0 Å². The Kier molecular flexibility index (Phi) is 2.77. The second kappa shape index (κ2) is 4.65. The third-order valence-electron chi connectivity index (χ3n) is 4.82. The van der Waals surface area contributed by atoms with E-state index < -0.39 is 0 Å². The fourth-order valence-electron chi connectivity index (χ4n) is 3.84. The fraction of sp³-hybridized carbons (Fsp3) is 0.353. The minimum absolute atomic E-state index is 0.0423. The molecule has 4 heteroatoms. The van der Waals surface area contributed by atoms with Crippen LogP contribution in [0.1, 0.15) is 41.7 Å². The van der Waals surface area contributed by atoms with Gasteiger partial charge in [-0.1, -0.05) is 31.0 Å². The van der Waals surface area contributed by atoms with E-state index in [0.29, 0.717) is 5.69 Å². The highest BCUT2D eigenvalue weighted by atomic mass is 16.2. The number of para-hydroxylation sites is 1. The molecule has 1 fully saturated rings. The Morgan fingerprint density at radius 1 is 1.14 bits per heavy atom. The van der Waals surface area contributed by atoms with E-state index in [1.807, 2.05) is 11.0 Å². The van der Waals surface area contributed by atoms with Gasteiger partial charge in [-0.2, -0.15) is 0 Å². The first kappa shape index (κ1) is 12.5. The fourth-order valence-corrected chi connectivity index (χ4v) is 3.84. The molecule has 2 heterocycles. The van der Waals surface area contributed by atoms with Crippen LogP contribution < -0.4 is 4.90 Å². The lowest BCUT2D eigenvalue weighted by molar-refractivity contribution is 0.0980. The first-order valence-corrected chi connectivity index (χ1v) is 7.48. The number of amides is 1. The molecule has 0 unspecified atom stereocenters. The smallest absolute Gasteiger partial charge is 0.278 e. The van der Waals surface area contributed by atoms with Gasteiger partial charge in [0.25, 0.3) is 5.91 Å². The zero-order valence-electron chi connectivity index (χ0n) is 11.8. The number of aromatic nitrogens is 2. The quantitative estimate of drug-likeness (QED) is 0.806. The summed E-state index contributed by atoms with van der Waals surface area (Å²) in [5, 5.41) is 0. The van der Waals surface area contributed by atoms with Crippen LogP contribution in [0.3, 0.4) is 0 Å². The minimum Gasteiger partial charge on any atom is -0.306 e.